The fraction of sp³-hybridized carbons (Fsp3) is 0.381. The number of unbranched alkanes of at least 4 members (excludes halogenated alkanes) is 5. The average Bonchev–Trinajstić information content (AvgIpc) is 2.65. The van der Waals surface area contributed by atoms with E-state index in [1.807, 2.05) is 24.3 Å². The van der Waals surface area contributed by atoms with Gasteiger partial charge in [-0.2, -0.15) is 0 Å². The van der Waals surface area contributed by atoms with Crippen molar-refractivity contribution in [1.82, 2.24) is 0 Å². The number of aryl methyl sites for hydroxylation is 1. The van der Waals surface area contributed by atoms with Gasteiger partial charge in [-0.15, -0.1) is 0 Å². The number of hydrogen-bond acceptors (Lipinski definition) is 3. The van der Waals surface area contributed by atoms with Crippen molar-refractivity contribution in [2.24, 2.45) is 0 Å². The summed E-state index contributed by atoms with van der Waals surface area (Å²) in [6.45, 7) is 2.22. The van der Waals surface area contributed by atoms with Crippen molar-refractivity contribution in [1.29, 1.82) is 0 Å². The first-order chi connectivity index (χ1) is 12.6. The smallest absolute Gasteiger partial charge is 0.423 e. The Bertz CT molecular complexity index is 686. The summed E-state index contributed by atoms with van der Waals surface area (Å²) in [4.78, 5) is 12.4. The third-order valence-corrected chi connectivity index (χ3v) is 4.52. The van der Waals surface area contributed by atoms with Crippen LogP contribution in [0.15, 0.2) is 48.5 Å². The molecule has 0 bridgehead atoms. The zero-order valence-electron chi connectivity index (χ0n) is 15.4. The van der Waals surface area contributed by atoms with E-state index in [0.717, 1.165) is 6.42 Å². The Hall–Kier alpha value is -2.11. The van der Waals surface area contributed by atoms with Crippen molar-refractivity contribution in [3.05, 3.63) is 59.7 Å². The Labute approximate surface area is 156 Å². The van der Waals surface area contributed by atoms with E-state index in [-0.39, 0.29) is 11.4 Å². The van der Waals surface area contributed by atoms with E-state index < -0.39 is 7.12 Å². The Morgan fingerprint density at radius 3 is 2.27 bits per heavy atom. The summed E-state index contributed by atoms with van der Waals surface area (Å²) >= 11 is 0. The summed E-state index contributed by atoms with van der Waals surface area (Å²) in [6.07, 6.45) is 8.67. The van der Waals surface area contributed by atoms with Gasteiger partial charge in [0.1, 0.15) is 0 Å². The lowest BCUT2D eigenvalue weighted by Gasteiger charge is -2.11. The number of benzene rings is 2. The number of amides is 1. The van der Waals surface area contributed by atoms with E-state index in [4.69, 9.17) is 0 Å². The van der Waals surface area contributed by atoms with Crippen LogP contribution >= 0.6 is 0 Å². The molecule has 2 rings (SSSR count). The first-order valence-corrected chi connectivity index (χ1v) is 9.47. The maximum absolute atomic E-state index is 12.4. The largest absolute Gasteiger partial charge is 0.490 e. The normalized spacial score (nSPS) is 10.6. The molecule has 4 nitrogen and oxygen atoms in total. The Balaban J connectivity index is 1.87. The summed E-state index contributed by atoms with van der Waals surface area (Å²) in [5.41, 5.74) is 2.48. The quantitative estimate of drug-likeness (QED) is 0.452. The molecule has 1 amide bonds. The van der Waals surface area contributed by atoms with Crippen LogP contribution in [0.25, 0.3) is 0 Å². The van der Waals surface area contributed by atoms with E-state index in [1.165, 1.54) is 44.1 Å². The second kappa shape index (κ2) is 10.8. The molecule has 0 heterocycles. The molecule has 0 spiro atoms. The lowest BCUT2D eigenvalue weighted by molar-refractivity contribution is 0.102. The Kier molecular flexibility index (Phi) is 8.39. The van der Waals surface area contributed by atoms with Gasteiger partial charge in [0.15, 0.2) is 0 Å². The SMILES string of the molecule is CCCCCCCCc1ccc(C(=O)Nc2ccccc2B(O)O)cc1. The van der Waals surface area contributed by atoms with Crippen molar-refractivity contribution in [2.45, 2.75) is 51.9 Å². The molecule has 138 valence electrons. The van der Waals surface area contributed by atoms with Gasteiger partial charge < -0.3 is 15.4 Å². The van der Waals surface area contributed by atoms with Gasteiger partial charge in [0.05, 0.1) is 0 Å². The highest BCUT2D eigenvalue weighted by atomic mass is 16.4. The Morgan fingerprint density at radius 1 is 0.923 bits per heavy atom. The molecule has 0 radical (unpaired) electrons. The first kappa shape index (κ1) is 20.2. The summed E-state index contributed by atoms with van der Waals surface area (Å²) in [5.74, 6) is -0.260. The van der Waals surface area contributed by atoms with Crippen molar-refractivity contribution in [3.63, 3.8) is 0 Å². The number of rotatable bonds is 10. The van der Waals surface area contributed by atoms with Crippen LogP contribution in [0, 0.1) is 0 Å². The van der Waals surface area contributed by atoms with Crippen LogP contribution in [0.3, 0.4) is 0 Å². The van der Waals surface area contributed by atoms with E-state index in [1.54, 1.807) is 24.3 Å². The molecule has 0 fully saturated rings. The van der Waals surface area contributed by atoms with Gasteiger partial charge in [-0.3, -0.25) is 4.79 Å². The standard InChI is InChI=1S/C21H28BNO3/c1-2-3-4-5-6-7-10-17-13-15-18(16-14-17)21(24)23-20-12-9-8-11-19(20)22(25)26/h8-9,11-16,25-26H,2-7,10H2,1H3,(H,23,24). The molecular weight excluding hydrogens is 325 g/mol. The zero-order valence-corrected chi connectivity index (χ0v) is 15.4. The minimum atomic E-state index is -1.62. The molecular formula is C21H28BNO3. The predicted octanol–water partition coefficient (Wildman–Crippen LogP) is 3.52. The van der Waals surface area contributed by atoms with Gasteiger partial charge in [0.25, 0.3) is 5.91 Å². The van der Waals surface area contributed by atoms with Crippen molar-refractivity contribution >= 4 is 24.2 Å². The van der Waals surface area contributed by atoms with E-state index in [0.29, 0.717) is 11.3 Å². The highest BCUT2D eigenvalue weighted by Gasteiger charge is 2.17. The molecule has 26 heavy (non-hydrogen) atoms. The first-order valence-electron chi connectivity index (χ1n) is 9.47. The van der Waals surface area contributed by atoms with E-state index >= 15 is 0 Å². The molecule has 0 saturated heterocycles. The number of anilines is 1. The van der Waals surface area contributed by atoms with E-state index in [9.17, 15) is 14.8 Å². The number of carbonyl (C=O) groups is 1. The van der Waals surface area contributed by atoms with Crippen LogP contribution in [0.4, 0.5) is 5.69 Å². The van der Waals surface area contributed by atoms with Crippen LogP contribution in [0.5, 0.6) is 0 Å². The second-order valence-electron chi connectivity index (χ2n) is 6.63. The summed E-state index contributed by atoms with van der Waals surface area (Å²) in [7, 11) is -1.62. The van der Waals surface area contributed by atoms with Crippen molar-refractivity contribution < 1.29 is 14.8 Å². The summed E-state index contributed by atoms with van der Waals surface area (Å²) in [6, 6.07) is 14.3. The molecule has 3 N–H and O–H groups in total. The second-order valence-corrected chi connectivity index (χ2v) is 6.63. The number of nitrogens with one attached hydrogen (secondary N) is 1. The van der Waals surface area contributed by atoms with Gasteiger partial charge in [-0.25, -0.2) is 0 Å². The average molecular weight is 353 g/mol. The van der Waals surface area contributed by atoms with Gasteiger partial charge >= 0.3 is 7.12 Å². The van der Waals surface area contributed by atoms with E-state index in [2.05, 4.69) is 12.2 Å². The van der Waals surface area contributed by atoms with Crippen LogP contribution < -0.4 is 10.8 Å². The predicted molar refractivity (Wildman–Crippen MR) is 108 cm³/mol. The zero-order chi connectivity index (χ0) is 18.8. The number of carbonyl (C=O) groups excluding carboxylic acids is 1. The summed E-state index contributed by atoms with van der Waals surface area (Å²) in [5, 5.41) is 21.5. The monoisotopic (exact) mass is 353 g/mol. The maximum Gasteiger partial charge on any atom is 0.490 e. The molecule has 0 unspecified atom stereocenters. The highest BCUT2D eigenvalue weighted by Crippen LogP contribution is 2.13. The fourth-order valence-corrected chi connectivity index (χ4v) is 2.96. The van der Waals surface area contributed by atoms with Gasteiger partial charge in [0, 0.05) is 16.7 Å². The van der Waals surface area contributed by atoms with Crippen LogP contribution in [-0.4, -0.2) is 23.1 Å². The van der Waals surface area contributed by atoms with Gasteiger partial charge in [0.2, 0.25) is 0 Å². The maximum atomic E-state index is 12.4. The topological polar surface area (TPSA) is 69.6 Å². The molecule has 2 aromatic carbocycles. The van der Waals surface area contributed by atoms with Crippen LogP contribution in [0.1, 0.15) is 61.4 Å². The highest BCUT2D eigenvalue weighted by molar-refractivity contribution is 6.60. The molecule has 0 aliphatic carbocycles. The van der Waals surface area contributed by atoms with Crippen molar-refractivity contribution in [3.8, 4) is 0 Å². The molecule has 0 aliphatic heterocycles. The van der Waals surface area contributed by atoms with Crippen LogP contribution in [0.2, 0.25) is 0 Å². The summed E-state index contributed by atoms with van der Waals surface area (Å²) < 4.78 is 0. The molecule has 0 atom stereocenters. The molecule has 0 aromatic heterocycles. The minimum Gasteiger partial charge on any atom is -0.423 e. The lowest BCUT2D eigenvalue weighted by atomic mass is 9.79. The molecule has 0 saturated carbocycles. The van der Waals surface area contributed by atoms with Gasteiger partial charge in [-0.1, -0.05) is 69.4 Å². The number of para-hydroxylation sites is 1. The lowest BCUT2D eigenvalue weighted by Crippen LogP contribution is -2.33. The van der Waals surface area contributed by atoms with Crippen LogP contribution in [-0.2, 0) is 6.42 Å². The Morgan fingerprint density at radius 2 is 1.58 bits per heavy atom. The van der Waals surface area contributed by atoms with Crippen molar-refractivity contribution in [2.75, 3.05) is 5.32 Å². The molecule has 5 heteroatoms. The number of hydrogen-bond donors (Lipinski definition) is 3. The molecule has 2 aromatic rings. The minimum absolute atomic E-state index is 0.260. The third kappa shape index (κ3) is 6.32. The fourth-order valence-electron chi connectivity index (χ4n) is 2.96. The van der Waals surface area contributed by atoms with Gasteiger partial charge in [-0.05, 0) is 36.6 Å². The third-order valence-electron chi connectivity index (χ3n) is 4.52. The molecule has 0 aliphatic rings.